The van der Waals surface area contributed by atoms with Gasteiger partial charge in [-0.3, -0.25) is 14.5 Å². The first kappa shape index (κ1) is 23.4. The number of piperidine rings is 2. The molecule has 1 aromatic rings. The van der Waals surface area contributed by atoms with Crippen molar-refractivity contribution in [3.63, 3.8) is 0 Å². The molecule has 34 heavy (non-hydrogen) atoms. The number of carbonyl (C=O) groups is 2. The second-order valence-electron chi connectivity index (χ2n) is 10.5. The fourth-order valence-electron chi connectivity index (χ4n) is 6.16. The standard InChI is InChI=1S/C27H37N3O4/c1-4-33-27(3)12-14-29(15-13-27)22-6-5-7-24(22)34-20-9-10-21-19(16-20)17-30(26(21)32)23-11-8-18(2)28-25(23)31/h9-10,16,22-24H,2,4-8,11-15,17H2,1,3H3,(H,28,31)/t22-,23?,24-/m1/s1. The minimum atomic E-state index is -0.435. The Bertz CT molecular complexity index is 969. The summed E-state index contributed by atoms with van der Waals surface area (Å²) in [5.74, 6) is 0.617. The van der Waals surface area contributed by atoms with Crippen molar-refractivity contribution in [2.45, 2.75) is 89.1 Å². The van der Waals surface area contributed by atoms with Crippen molar-refractivity contribution in [1.29, 1.82) is 0 Å². The Balaban J connectivity index is 1.23. The van der Waals surface area contributed by atoms with Gasteiger partial charge in [0.1, 0.15) is 17.9 Å². The van der Waals surface area contributed by atoms with Crippen LogP contribution in [0.2, 0.25) is 0 Å². The van der Waals surface area contributed by atoms with Gasteiger partial charge in [0.05, 0.1) is 5.60 Å². The molecule has 2 amide bonds. The molecule has 0 radical (unpaired) electrons. The van der Waals surface area contributed by atoms with E-state index in [1.54, 1.807) is 4.90 Å². The van der Waals surface area contributed by atoms with E-state index in [2.05, 4.69) is 30.6 Å². The van der Waals surface area contributed by atoms with E-state index in [0.717, 1.165) is 62.4 Å². The van der Waals surface area contributed by atoms with Crippen molar-refractivity contribution in [3.05, 3.63) is 41.6 Å². The van der Waals surface area contributed by atoms with Crippen LogP contribution < -0.4 is 10.1 Å². The van der Waals surface area contributed by atoms with E-state index >= 15 is 0 Å². The lowest BCUT2D eigenvalue weighted by Gasteiger charge is -2.42. The van der Waals surface area contributed by atoms with E-state index in [-0.39, 0.29) is 23.5 Å². The molecule has 1 aliphatic carbocycles. The SMILES string of the molecule is C=C1CCC(N2Cc3cc(O[C@@H]4CCC[C@H]4N4CCC(C)(OCC)CC4)ccc3C2=O)C(=O)N1. The van der Waals surface area contributed by atoms with Crippen molar-refractivity contribution in [2.24, 2.45) is 0 Å². The summed E-state index contributed by atoms with van der Waals surface area (Å²) in [5, 5.41) is 2.80. The number of nitrogens with zero attached hydrogens (tertiary/aromatic N) is 2. The van der Waals surface area contributed by atoms with Crippen LogP contribution in [0.3, 0.4) is 0 Å². The number of amides is 2. The number of allylic oxidation sites excluding steroid dienone is 1. The molecule has 3 heterocycles. The molecule has 3 atom stereocenters. The summed E-state index contributed by atoms with van der Waals surface area (Å²) < 4.78 is 12.5. The number of hydrogen-bond acceptors (Lipinski definition) is 5. The second-order valence-corrected chi connectivity index (χ2v) is 10.5. The van der Waals surface area contributed by atoms with E-state index < -0.39 is 6.04 Å². The number of nitrogens with one attached hydrogen (secondary N) is 1. The molecule has 1 N–H and O–H groups in total. The van der Waals surface area contributed by atoms with Crippen molar-refractivity contribution >= 4 is 11.8 Å². The number of hydrogen-bond donors (Lipinski definition) is 1. The largest absolute Gasteiger partial charge is 0.489 e. The Kier molecular flexibility index (Phi) is 6.42. The highest BCUT2D eigenvalue weighted by Gasteiger charge is 2.40. The molecule has 0 aromatic heterocycles. The average molecular weight is 468 g/mol. The van der Waals surface area contributed by atoms with Crippen LogP contribution in [0.25, 0.3) is 0 Å². The highest BCUT2D eigenvalue weighted by atomic mass is 16.5. The predicted octanol–water partition coefficient (Wildman–Crippen LogP) is 3.63. The monoisotopic (exact) mass is 467 g/mol. The fraction of sp³-hybridized carbons (Fsp3) is 0.630. The van der Waals surface area contributed by atoms with Gasteiger partial charge in [0.15, 0.2) is 0 Å². The van der Waals surface area contributed by atoms with Crippen LogP contribution in [0.15, 0.2) is 30.5 Å². The third-order valence-corrected chi connectivity index (χ3v) is 8.13. The molecule has 0 spiro atoms. The number of ether oxygens (including phenoxy) is 2. The van der Waals surface area contributed by atoms with Crippen LogP contribution in [-0.2, 0) is 16.1 Å². The van der Waals surface area contributed by atoms with Crippen LogP contribution in [0, 0.1) is 0 Å². The Morgan fingerprint density at radius 2 is 1.97 bits per heavy atom. The minimum absolute atomic E-state index is 0.00107. The van der Waals surface area contributed by atoms with Crippen molar-refractivity contribution in [1.82, 2.24) is 15.1 Å². The Hall–Kier alpha value is -2.38. The maximum Gasteiger partial charge on any atom is 0.255 e. The molecule has 7 heteroatoms. The van der Waals surface area contributed by atoms with E-state index in [0.29, 0.717) is 31.0 Å². The number of carbonyl (C=O) groups excluding carboxylic acids is 2. The lowest BCUT2D eigenvalue weighted by atomic mass is 9.92. The number of rotatable bonds is 6. The third-order valence-electron chi connectivity index (χ3n) is 8.13. The van der Waals surface area contributed by atoms with Gasteiger partial charge in [0.25, 0.3) is 5.91 Å². The zero-order chi connectivity index (χ0) is 23.9. The first-order chi connectivity index (χ1) is 16.4. The first-order valence-corrected chi connectivity index (χ1v) is 12.8. The molecule has 184 valence electrons. The zero-order valence-electron chi connectivity index (χ0n) is 20.5. The fourth-order valence-corrected chi connectivity index (χ4v) is 6.16. The number of fused-ring (bicyclic) bond motifs is 1. The zero-order valence-corrected chi connectivity index (χ0v) is 20.5. The van der Waals surface area contributed by atoms with Gasteiger partial charge in [-0.2, -0.15) is 0 Å². The van der Waals surface area contributed by atoms with Crippen LogP contribution in [-0.4, -0.2) is 65.1 Å². The van der Waals surface area contributed by atoms with Gasteiger partial charge in [-0.15, -0.1) is 0 Å². The van der Waals surface area contributed by atoms with Gasteiger partial charge in [0.2, 0.25) is 5.91 Å². The maximum absolute atomic E-state index is 13.0. The van der Waals surface area contributed by atoms with Gasteiger partial charge >= 0.3 is 0 Å². The molecule has 2 saturated heterocycles. The third kappa shape index (κ3) is 4.48. The van der Waals surface area contributed by atoms with Gasteiger partial charge in [-0.05, 0) is 82.6 Å². The van der Waals surface area contributed by atoms with E-state index in [9.17, 15) is 9.59 Å². The van der Waals surface area contributed by atoms with Crippen molar-refractivity contribution in [2.75, 3.05) is 19.7 Å². The first-order valence-electron chi connectivity index (χ1n) is 12.8. The summed E-state index contributed by atoms with van der Waals surface area (Å²) in [7, 11) is 0. The molecule has 1 unspecified atom stereocenters. The molecule has 3 aliphatic heterocycles. The summed E-state index contributed by atoms with van der Waals surface area (Å²) >= 11 is 0. The molecule has 0 bridgehead atoms. The van der Waals surface area contributed by atoms with E-state index in [1.807, 2.05) is 18.2 Å². The van der Waals surface area contributed by atoms with Crippen molar-refractivity contribution in [3.8, 4) is 5.75 Å². The lowest BCUT2D eigenvalue weighted by Crippen LogP contribution is -2.51. The second kappa shape index (κ2) is 9.34. The minimum Gasteiger partial charge on any atom is -0.489 e. The van der Waals surface area contributed by atoms with Crippen molar-refractivity contribution < 1.29 is 19.1 Å². The molecule has 1 saturated carbocycles. The van der Waals surface area contributed by atoms with Gasteiger partial charge < -0.3 is 19.7 Å². The highest BCUT2D eigenvalue weighted by molar-refractivity contribution is 6.01. The van der Waals surface area contributed by atoms with Gasteiger partial charge in [-0.25, -0.2) is 0 Å². The van der Waals surface area contributed by atoms with E-state index in [1.165, 1.54) is 6.42 Å². The number of benzene rings is 1. The van der Waals surface area contributed by atoms with Crippen LogP contribution in [0.4, 0.5) is 0 Å². The smallest absolute Gasteiger partial charge is 0.255 e. The summed E-state index contributed by atoms with van der Waals surface area (Å²) in [6.07, 6.45) is 7.00. The summed E-state index contributed by atoms with van der Waals surface area (Å²) in [4.78, 5) is 29.7. The van der Waals surface area contributed by atoms with Crippen LogP contribution in [0.1, 0.15) is 74.7 Å². The average Bonchev–Trinajstić information content (AvgIpc) is 3.39. The lowest BCUT2D eigenvalue weighted by molar-refractivity contribution is -0.126. The van der Waals surface area contributed by atoms with Gasteiger partial charge in [-0.1, -0.05) is 6.58 Å². The van der Waals surface area contributed by atoms with E-state index in [4.69, 9.17) is 9.47 Å². The van der Waals surface area contributed by atoms with Gasteiger partial charge in [0, 0.05) is 43.5 Å². The summed E-state index contributed by atoms with van der Waals surface area (Å²) in [6, 6.07) is 5.78. The Morgan fingerprint density at radius 3 is 2.71 bits per heavy atom. The molecule has 4 aliphatic rings. The Morgan fingerprint density at radius 1 is 1.18 bits per heavy atom. The quantitative estimate of drug-likeness (QED) is 0.692. The Labute approximate surface area is 202 Å². The van der Waals surface area contributed by atoms with Crippen LogP contribution >= 0.6 is 0 Å². The van der Waals surface area contributed by atoms with Crippen LogP contribution in [0.5, 0.6) is 5.75 Å². The molecule has 1 aromatic carbocycles. The highest BCUT2D eigenvalue weighted by Crippen LogP contribution is 2.35. The number of likely N-dealkylation sites (tertiary alicyclic amines) is 1. The topological polar surface area (TPSA) is 71.1 Å². The normalized spacial score (nSPS) is 29.3. The summed E-state index contributed by atoms with van der Waals surface area (Å²) in [6.45, 7) is 11.5. The maximum atomic E-state index is 13.0. The summed E-state index contributed by atoms with van der Waals surface area (Å²) in [5.41, 5.74) is 2.35. The molecule has 7 nitrogen and oxygen atoms in total. The predicted molar refractivity (Wildman–Crippen MR) is 130 cm³/mol. The molecular formula is C27H37N3O4. The molecule has 3 fully saturated rings. The molecule has 5 rings (SSSR count). The molecular weight excluding hydrogens is 430 g/mol.